The second-order valence-electron chi connectivity index (χ2n) is 6.30. The number of carbonyl (C=O) groups excluding carboxylic acids is 2. The van der Waals surface area contributed by atoms with Gasteiger partial charge in [-0.15, -0.1) is 0 Å². The van der Waals surface area contributed by atoms with E-state index in [0.717, 1.165) is 0 Å². The first kappa shape index (κ1) is 20.1. The van der Waals surface area contributed by atoms with E-state index in [4.69, 9.17) is 9.47 Å². The maximum atomic E-state index is 12.6. The van der Waals surface area contributed by atoms with E-state index in [-0.39, 0.29) is 23.5 Å². The van der Waals surface area contributed by atoms with Gasteiger partial charge in [-0.25, -0.2) is 0 Å². The van der Waals surface area contributed by atoms with Crippen molar-refractivity contribution in [2.24, 2.45) is 5.92 Å². The summed E-state index contributed by atoms with van der Waals surface area (Å²) in [6.45, 7) is 3.67. The van der Waals surface area contributed by atoms with Gasteiger partial charge in [0.05, 0.1) is 14.2 Å². The number of carbonyl (C=O) groups is 2. The zero-order valence-electron chi connectivity index (χ0n) is 15.8. The summed E-state index contributed by atoms with van der Waals surface area (Å²) in [7, 11) is 2.99. The quantitative estimate of drug-likeness (QED) is 0.694. The Balaban J connectivity index is 2.10. The number of hydrogen-bond donors (Lipinski definition) is 3. The first-order valence-corrected chi connectivity index (χ1v) is 8.48. The van der Waals surface area contributed by atoms with E-state index < -0.39 is 6.04 Å². The van der Waals surface area contributed by atoms with Gasteiger partial charge in [-0.05, 0) is 42.3 Å². The molecule has 2 rings (SSSR count). The van der Waals surface area contributed by atoms with Gasteiger partial charge in [0.15, 0.2) is 11.5 Å². The average Bonchev–Trinajstić information content (AvgIpc) is 2.65. The van der Waals surface area contributed by atoms with Crippen LogP contribution in [0.4, 0.5) is 5.69 Å². The molecule has 0 saturated carbocycles. The van der Waals surface area contributed by atoms with Gasteiger partial charge in [0.25, 0.3) is 5.91 Å². The molecule has 0 aliphatic carbocycles. The molecule has 2 amide bonds. The molecule has 0 saturated heterocycles. The van der Waals surface area contributed by atoms with Crippen LogP contribution in [0.2, 0.25) is 0 Å². The van der Waals surface area contributed by atoms with Gasteiger partial charge >= 0.3 is 0 Å². The number of nitrogens with one attached hydrogen (secondary N) is 2. The van der Waals surface area contributed by atoms with Crippen LogP contribution in [0.25, 0.3) is 0 Å². The van der Waals surface area contributed by atoms with Gasteiger partial charge in [0.1, 0.15) is 11.8 Å². The summed E-state index contributed by atoms with van der Waals surface area (Å²) in [5, 5.41) is 15.3. The number of amides is 2. The molecule has 3 N–H and O–H groups in total. The van der Waals surface area contributed by atoms with Gasteiger partial charge < -0.3 is 25.2 Å². The Morgan fingerprint density at radius 1 is 1.00 bits per heavy atom. The third kappa shape index (κ3) is 5.13. The minimum atomic E-state index is -0.746. The van der Waals surface area contributed by atoms with Crippen molar-refractivity contribution in [1.82, 2.24) is 5.32 Å². The molecule has 0 aliphatic heterocycles. The van der Waals surface area contributed by atoms with Crippen molar-refractivity contribution < 1.29 is 24.2 Å². The van der Waals surface area contributed by atoms with E-state index in [1.807, 2.05) is 13.8 Å². The molecule has 0 spiro atoms. The number of aromatic hydroxyl groups is 1. The fraction of sp³-hybridized carbons (Fsp3) is 0.300. The van der Waals surface area contributed by atoms with Crippen LogP contribution in [0.5, 0.6) is 17.2 Å². The first-order chi connectivity index (χ1) is 12.8. The number of benzene rings is 2. The lowest BCUT2D eigenvalue weighted by Crippen LogP contribution is -2.47. The Labute approximate surface area is 158 Å². The Hall–Kier alpha value is -3.22. The van der Waals surface area contributed by atoms with Crippen LogP contribution in [-0.2, 0) is 4.79 Å². The molecule has 7 nitrogen and oxygen atoms in total. The topological polar surface area (TPSA) is 96.9 Å². The summed E-state index contributed by atoms with van der Waals surface area (Å²) in [5.41, 5.74) is 0.832. The van der Waals surface area contributed by atoms with Crippen molar-refractivity contribution in [1.29, 1.82) is 0 Å². The predicted octanol–water partition coefficient (Wildman–Crippen LogP) is 2.80. The lowest BCUT2D eigenvalue weighted by Gasteiger charge is -2.22. The smallest absolute Gasteiger partial charge is 0.251 e. The maximum absolute atomic E-state index is 12.6. The number of methoxy groups -OCH3 is 2. The summed E-state index contributed by atoms with van der Waals surface area (Å²) in [4.78, 5) is 25.1. The Kier molecular flexibility index (Phi) is 6.65. The van der Waals surface area contributed by atoms with Gasteiger partial charge in [-0.2, -0.15) is 0 Å². The van der Waals surface area contributed by atoms with Crippen LogP contribution >= 0.6 is 0 Å². The normalized spacial score (nSPS) is 11.6. The number of phenolic OH excluding ortho intramolecular Hbond substituents is 1. The van der Waals surface area contributed by atoms with E-state index in [1.54, 1.807) is 43.5 Å². The molecule has 7 heteroatoms. The average molecular weight is 372 g/mol. The van der Waals surface area contributed by atoms with Crippen LogP contribution in [-0.4, -0.2) is 37.2 Å². The minimum Gasteiger partial charge on any atom is -0.504 e. The number of hydrogen-bond acceptors (Lipinski definition) is 5. The maximum Gasteiger partial charge on any atom is 0.251 e. The highest BCUT2D eigenvalue weighted by atomic mass is 16.5. The fourth-order valence-corrected chi connectivity index (χ4v) is 2.49. The molecule has 0 aromatic heterocycles. The molecule has 0 aliphatic rings. The molecule has 2 aromatic rings. The van der Waals surface area contributed by atoms with Gasteiger partial charge in [-0.1, -0.05) is 13.8 Å². The predicted molar refractivity (Wildman–Crippen MR) is 102 cm³/mol. The zero-order valence-corrected chi connectivity index (χ0v) is 15.8. The number of ether oxygens (including phenoxy) is 2. The minimum absolute atomic E-state index is 0.0846. The molecule has 2 aromatic carbocycles. The van der Waals surface area contributed by atoms with Gasteiger partial charge in [0, 0.05) is 17.3 Å². The number of phenols is 1. The van der Waals surface area contributed by atoms with E-state index in [0.29, 0.717) is 22.7 Å². The lowest BCUT2D eigenvalue weighted by atomic mass is 10.0. The molecule has 27 heavy (non-hydrogen) atoms. The monoisotopic (exact) mass is 372 g/mol. The van der Waals surface area contributed by atoms with Crippen LogP contribution in [0.3, 0.4) is 0 Å². The van der Waals surface area contributed by atoms with Crippen molar-refractivity contribution in [3.8, 4) is 17.2 Å². The Morgan fingerprint density at radius 3 is 2.19 bits per heavy atom. The first-order valence-electron chi connectivity index (χ1n) is 8.48. The summed E-state index contributed by atoms with van der Waals surface area (Å²) >= 11 is 0. The Bertz CT molecular complexity index is 803. The van der Waals surface area contributed by atoms with E-state index >= 15 is 0 Å². The summed E-state index contributed by atoms with van der Waals surface area (Å²) in [6.07, 6.45) is 0. The van der Waals surface area contributed by atoms with Crippen molar-refractivity contribution in [3.05, 3.63) is 48.0 Å². The highest BCUT2D eigenvalue weighted by Crippen LogP contribution is 2.28. The van der Waals surface area contributed by atoms with Crippen molar-refractivity contribution >= 4 is 17.5 Å². The third-order valence-electron chi connectivity index (χ3n) is 4.03. The molecule has 0 heterocycles. The van der Waals surface area contributed by atoms with E-state index in [1.165, 1.54) is 13.2 Å². The third-order valence-corrected chi connectivity index (χ3v) is 4.03. The molecule has 0 fully saturated rings. The largest absolute Gasteiger partial charge is 0.504 e. The van der Waals surface area contributed by atoms with Gasteiger partial charge in [-0.3, -0.25) is 9.59 Å². The van der Waals surface area contributed by atoms with Crippen LogP contribution in [0, 0.1) is 5.92 Å². The van der Waals surface area contributed by atoms with E-state index in [2.05, 4.69) is 10.6 Å². The summed E-state index contributed by atoms with van der Waals surface area (Å²) in [5.74, 6) is -0.0107. The highest BCUT2D eigenvalue weighted by molar-refractivity contribution is 6.01. The Morgan fingerprint density at radius 2 is 1.67 bits per heavy atom. The summed E-state index contributed by atoms with van der Waals surface area (Å²) in [6, 6.07) is 10.4. The van der Waals surface area contributed by atoms with Crippen LogP contribution < -0.4 is 20.1 Å². The molecular weight excluding hydrogens is 348 g/mol. The van der Waals surface area contributed by atoms with Gasteiger partial charge in [0.2, 0.25) is 5.91 Å². The van der Waals surface area contributed by atoms with Crippen molar-refractivity contribution in [2.75, 3.05) is 19.5 Å². The van der Waals surface area contributed by atoms with E-state index in [9.17, 15) is 14.7 Å². The molecular formula is C20H24N2O5. The fourth-order valence-electron chi connectivity index (χ4n) is 2.49. The number of rotatable bonds is 7. The van der Waals surface area contributed by atoms with Crippen molar-refractivity contribution in [2.45, 2.75) is 19.9 Å². The lowest BCUT2D eigenvalue weighted by molar-refractivity contribution is -0.118. The standard InChI is InChI=1S/C20H24N2O5/c1-12(2)18(22-19(24)13-5-8-15(26-3)9-6-13)20(25)21-14-7-10-17(27-4)16(23)11-14/h5-12,18,23H,1-4H3,(H,21,25)(H,22,24)/t18-/m0/s1. The summed E-state index contributed by atoms with van der Waals surface area (Å²) < 4.78 is 10.1. The molecule has 1 atom stereocenters. The molecule has 144 valence electrons. The second-order valence-corrected chi connectivity index (χ2v) is 6.30. The zero-order chi connectivity index (χ0) is 20.0. The molecule has 0 unspecified atom stereocenters. The van der Waals surface area contributed by atoms with Crippen LogP contribution in [0.1, 0.15) is 24.2 Å². The van der Waals surface area contributed by atoms with Crippen molar-refractivity contribution in [3.63, 3.8) is 0 Å². The molecule has 0 bridgehead atoms. The highest BCUT2D eigenvalue weighted by Gasteiger charge is 2.25. The molecule has 0 radical (unpaired) electrons. The SMILES string of the molecule is COc1ccc(C(=O)N[C@H](C(=O)Nc2ccc(OC)c(O)c2)C(C)C)cc1. The van der Waals surface area contributed by atoms with Crippen LogP contribution in [0.15, 0.2) is 42.5 Å². The number of anilines is 1. The second kappa shape index (κ2) is 8.93.